The maximum Gasteiger partial charge on any atom is 0.349 e. The third-order valence-corrected chi connectivity index (χ3v) is 3.73. The van der Waals surface area contributed by atoms with Crippen LogP contribution in [0.5, 0.6) is 5.75 Å². The summed E-state index contributed by atoms with van der Waals surface area (Å²) in [6.07, 6.45) is 0. The van der Waals surface area contributed by atoms with Crippen molar-refractivity contribution in [1.82, 2.24) is 0 Å². The number of thioether (sulfide) groups is 1. The van der Waals surface area contributed by atoms with Gasteiger partial charge >= 0.3 is 5.97 Å². The lowest BCUT2D eigenvalue weighted by molar-refractivity contribution is -0.158. The molecule has 1 aromatic carbocycles. The van der Waals surface area contributed by atoms with Crippen LogP contribution in [-0.4, -0.2) is 23.9 Å². The van der Waals surface area contributed by atoms with Gasteiger partial charge in [0.25, 0.3) is 0 Å². The molecule has 1 aliphatic heterocycles. The summed E-state index contributed by atoms with van der Waals surface area (Å²) < 4.78 is 24.2. The number of carbonyl (C=O) groups is 1. The second kappa shape index (κ2) is 5.41. The fourth-order valence-corrected chi connectivity index (χ4v) is 2.29. The van der Waals surface area contributed by atoms with Gasteiger partial charge in [-0.15, -0.1) is 0 Å². The summed E-state index contributed by atoms with van der Waals surface area (Å²) in [6, 6.07) is 4.80. The van der Waals surface area contributed by atoms with Gasteiger partial charge in [0, 0.05) is 11.0 Å². The summed E-state index contributed by atoms with van der Waals surface area (Å²) in [5, 5.41) is 0.425. The minimum atomic E-state index is -1.20. The van der Waals surface area contributed by atoms with Gasteiger partial charge in [0.2, 0.25) is 0 Å². The summed E-state index contributed by atoms with van der Waals surface area (Å²) in [6.45, 7) is 5.14. The van der Waals surface area contributed by atoms with Crippen molar-refractivity contribution in [2.45, 2.75) is 31.6 Å². The van der Waals surface area contributed by atoms with Crippen molar-refractivity contribution < 1.29 is 18.7 Å². The Kier molecular flexibility index (Phi) is 4.04. The Morgan fingerprint density at radius 1 is 1.53 bits per heavy atom. The lowest BCUT2D eigenvalue weighted by Gasteiger charge is -2.24. The van der Waals surface area contributed by atoms with Gasteiger partial charge in [-0.25, -0.2) is 9.18 Å². The lowest BCUT2D eigenvalue weighted by atomic mass is 10.1. The molecular weight excluding hydrogens is 267 g/mol. The smallest absolute Gasteiger partial charge is 0.349 e. The second-order valence-corrected chi connectivity index (χ2v) is 6.08. The standard InChI is InChI=1S/C14H17FO3S/c1-4-17-13(16)14(2,3)18-11-7-9(12-8-19-12)5-6-10(11)15/h5-7,12H,4,8H2,1-3H3. The highest BCUT2D eigenvalue weighted by Gasteiger charge is 2.33. The zero-order valence-corrected chi connectivity index (χ0v) is 12.1. The summed E-state index contributed by atoms with van der Waals surface area (Å²) >= 11 is 1.80. The van der Waals surface area contributed by atoms with E-state index in [1.165, 1.54) is 6.07 Å². The molecule has 0 N–H and O–H groups in total. The first kappa shape index (κ1) is 14.2. The van der Waals surface area contributed by atoms with Crippen LogP contribution in [0.15, 0.2) is 18.2 Å². The van der Waals surface area contributed by atoms with E-state index in [1.54, 1.807) is 44.7 Å². The predicted octanol–water partition coefficient (Wildman–Crippen LogP) is 3.33. The van der Waals surface area contributed by atoms with E-state index in [4.69, 9.17) is 9.47 Å². The maximum atomic E-state index is 13.7. The Bertz CT molecular complexity index is 484. The summed E-state index contributed by atoms with van der Waals surface area (Å²) in [4.78, 5) is 11.7. The highest BCUT2D eigenvalue weighted by Crippen LogP contribution is 2.47. The molecule has 1 aliphatic rings. The first-order valence-electron chi connectivity index (χ1n) is 6.21. The lowest BCUT2D eigenvalue weighted by Crippen LogP contribution is -2.40. The maximum absolute atomic E-state index is 13.7. The van der Waals surface area contributed by atoms with Gasteiger partial charge in [-0.3, -0.25) is 0 Å². The van der Waals surface area contributed by atoms with Gasteiger partial charge < -0.3 is 9.47 Å². The van der Waals surface area contributed by atoms with Crippen molar-refractivity contribution in [2.24, 2.45) is 0 Å². The summed E-state index contributed by atoms with van der Waals surface area (Å²) in [5.41, 5.74) is -0.173. The molecule has 19 heavy (non-hydrogen) atoms. The second-order valence-electron chi connectivity index (χ2n) is 4.84. The van der Waals surface area contributed by atoms with Crippen LogP contribution >= 0.6 is 11.8 Å². The van der Waals surface area contributed by atoms with Crippen molar-refractivity contribution in [3.63, 3.8) is 0 Å². The molecule has 0 radical (unpaired) electrons. The van der Waals surface area contributed by atoms with E-state index in [0.717, 1.165) is 11.3 Å². The van der Waals surface area contributed by atoms with Crippen LogP contribution in [-0.2, 0) is 9.53 Å². The summed E-state index contributed by atoms with van der Waals surface area (Å²) in [7, 11) is 0. The predicted molar refractivity (Wildman–Crippen MR) is 72.9 cm³/mol. The quantitative estimate of drug-likeness (QED) is 0.613. The minimum Gasteiger partial charge on any atom is -0.473 e. The first-order valence-corrected chi connectivity index (χ1v) is 7.26. The van der Waals surface area contributed by atoms with Crippen molar-refractivity contribution in [1.29, 1.82) is 0 Å². The average Bonchev–Trinajstić information content (AvgIpc) is 3.16. The monoisotopic (exact) mass is 284 g/mol. The van der Waals surface area contributed by atoms with Gasteiger partial charge in [-0.1, -0.05) is 6.07 Å². The van der Waals surface area contributed by atoms with Gasteiger partial charge in [0.05, 0.1) is 6.61 Å². The molecule has 104 valence electrons. The third-order valence-electron chi connectivity index (χ3n) is 2.79. The van der Waals surface area contributed by atoms with Crippen LogP contribution in [0.3, 0.4) is 0 Å². The molecule has 1 aromatic rings. The molecule has 0 bridgehead atoms. The van der Waals surface area contributed by atoms with Crippen LogP contribution in [0.4, 0.5) is 4.39 Å². The van der Waals surface area contributed by atoms with E-state index in [2.05, 4.69) is 0 Å². The van der Waals surface area contributed by atoms with Crippen LogP contribution < -0.4 is 4.74 Å². The van der Waals surface area contributed by atoms with Crippen LogP contribution in [0.2, 0.25) is 0 Å². The molecule has 5 heteroatoms. The SMILES string of the molecule is CCOC(=O)C(C)(C)Oc1cc(C2CS2)ccc1F. The number of benzene rings is 1. The van der Waals surface area contributed by atoms with E-state index < -0.39 is 17.4 Å². The fourth-order valence-electron chi connectivity index (χ4n) is 1.66. The Morgan fingerprint density at radius 2 is 2.21 bits per heavy atom. The van der Waals surface area contributed by atoms with Gasteiger partial charge in [0.15, 0.2) is 17.2 Å². The van der Waals surface area contributed by atoms with Gasteiger partial charge in [-0.2, -0.15) is 11.8 Å². The van der Waals surface area contributed by atoms with E-state index >= 15 is 0 Å². The number of ether oxygens (including phenoxy) is 2. The Labute approximate surface area is 116 Å². The Hall–Kier alpha value is -1.23. The van der Waals surface area contributed by atoms with E-state index in [1.807, 2.05) is 0 Å². The molecule has 1 atom stereocenters. The van der Waals surface area contributed by atoms with Crippen molar-refractivity contribution in [2.75, 3.05) is 12.4 Å². The number of halogens is 1. The molecular formula is C14H17FO3S. The Balaban J connectivity index is 2.17. The number of hydrogen-bond acceptors (Lipinski definition) is 4. The average molecular weight is 284 g/mol. The molecule has 0 aliphatic carbocycles. The number of carbonyl (C=O) groups excluding carboxylic acids is 1. The van der Waals surface area contributed by atoms with E-state index in [-0.39, 0.29) is 12.4 Å². The van der Waals surface area contributed by atoms with Crippen molar-refractivity contribution in [3.05, 3.63) is 29.6 Å². The van der Waals surface area contributed by atoms with Crippen LogP contribution in [0, 0.1) is 5.82 Å². The van der Waals surface area contributed by atoms with Crippen LogP contribution in [0.1, 0.15) is 31.6 Å². The third kappa shape index (κ3) is 3.41. The fraction of sp³-hybridized carbons (Fsp3) is 0.500. The summed E-state index contributed by atoms with van der Waals surface area (Å²) in [5.74, 6) is 0.183. The van der Waals surface area contributed by atoms with E-state index in [9.17, 15) is 9.18 Å². The number of hydrogen-bond donors (Lipinski definition) is 0. The highest BCUT2D eigenvalue weighted by atomic mass is 32.2. The van der Waals surface area contributed by atoms with E-state index in [0.29, 0.717) is 5.25 Å². The number of rotatable bonds is 5. The highest BCUT2D eigenvalue weighted by molar-refractivity contribution is 8.06. The van der Waals surface area contributed by atoms with Gasteiger partial charge in [0.1, 0.15) is 0 Å². The van der Waals surface area contributed by atoms with Gasteiger partial charge in [-0.05, 0) is 38.5 Å². The van der Waals surface area contributed by atoms with Crippen molar-refractivity contribution >= 4 is 17.7 Å². The molecule has 1 fully saturated rings. The largest absolute Gasteiger partial charge is 0.473 e. The minimum absolute atomic E-state index is 0.100. The zero-order chi connectivity index (χ0) is 14.0. The molecule has 3 nitrogen and oxygen atoms in total. The molecule has 0 amide bonds. The molecule has 2 rings (SSSR count). The topological polar surface area (TPSA) is 35.5 Å². The normalized spacial score (nSPS) is 18.0. The number of esters is 1. The molecule has 0 aromatic heterocycles. The molecule has 0 saturated carbocycles. The van der Waals surface area contributed by atoms with Crippen LogP contribution in [0.25, 0.3) is 0 Å². The first-order chi connectivity index (χ1) is 8.94. The molecule has 1 heterocycles. The molecule has 0 spiro atoms. The van der Waals surface area contributed by atoms with Crippen molar-refractivity contribution in [3.8, 4) is 5.75 Å². The Morgan fingerprint density at radius 3 is 2.79 bits per heavy atom. The zero-order valence-electron chi connectivity index (χ0n) is 11.2. The molecule has 1 unspecified atom stereocenters. The molecule has 1 saturated heterocycles.